The van der Waals surface area contributed by atoms with Crippen LogP contribution in [0.4, 0.5) is 25.8 Å². The number of pyridine rings is 3. The molecule has 14 heteroatoms. The van der Waals surface area contributed by atoms with Crippen LogP contribution in [0.3, 0.4) is 0 Å². The number of nitrogen functional groups attached to an aromatic ring is 1. The summed E-state index contributed by atoms with van der Waals surface area (Å²) in [5.41, 5.74) is 7.69. The van der Waals surface area contributed by atoms with Crippen LogP contribution in [0.5, 0.6) is 0 Å². The molecule has 1 aromatic carbocycles. The third-order valence-corrected chi connectivity index (χ3v) is 10.4. The summed E-state index contributed by atoms with van der Waals surface area (Å²) in [7, 11) is 3.97. The third-order valence-electron chi connectivity index (χ3n) is 9.79. The predicted molar refractivity (Wildman–Crippen MR) is 202 cm³/mol. The molecular weight excluding hydrogens is 697 g/mol. The highest BCUT2D eigenvalue weighted by atomic mass is 35.5. The minimum absolute atomic E-state index is 0.0668. The van der Waals surface area contributed by atoms with Gasteiger partial charge in [0, 0.05) is 43.8 Å². The Balaban J connectivity index is 1.74. The summed E-state index contributed by atoms with van der Waals surface area (Å²) < 4.78 is 33.9. The Morgan fingerprint density at radius 3 is 2.53 bits per heavy atom. The summed E-state index contributed by atoms with van der Waals surface area (Å²) in [6, 6.07) is 3.77. The van der Waals surface area contributed by atoms with E-state index in [2.05, 4.69) is 21.4 Å². The van der Waals surface area contributed by atoms with E-state index in [4.69, 9.17) is 33.9 Å². The van der Waals surface area contributed by atoms with Crippen LogP contribution in [0, 0.1) is 18.6 Å². The lowest BCUT2D eigenvalue weighted by molar-refractivity contribution is -0.128. The van der Waals surface area contributed by atoms with Crippen molar-refractivity contribution < 1.29 is 13.6 Å². The Kier molecular flexibility index (Phi) is 10.1. The van der Waals surface area contributed by atoms with Gasteiger partial charge in [-0.05, 0) is 76.7 Å². The molecule has 0 spiro atoms. The lowest BCUT2D eigenvalue weighted by Gasteiger charge is -2.51. The Bertz CT molecular complexity index is 2100. The zero-order valence-electron chi connectivity index (χ0n) is 29.6. The van der Waals surface area contributed by atoms with E-state index in [9.17, 15) is 4.79 Å². The van der Waals surface area contributed by atoms with E-state index >= 15 is 13.6 Å². The van der Waals surface area contributed by atoms with Gasteiger partial charge >= 0.3 is 0 Å². The number of nitrogens with two attached hydrogens (primary N) is 1. The number of amides is 1. The fraction of sp³-hybridized carbons (Fsp3) is 0.405. The molecule has 2 aliphatic heterocycles. The number of rotatable bonds is 8. The molecule has 270 valence electrons. The van der Waals surface area contributed by atoms with Crippen LogP contribution in [0.25, 0.3) is 28.0 Å². The van der Waals surface area contributed by atoms with Gasteiger partial charge in [-0.25, -0.2) is 13.8 Å². The number of aryl methyl sites for hydroxylation is 1. The number of hydrogen-bond acceptors (Lipinski definition) is 8. The van der Waals surface area contributed by atoms with Crippen LogP contribution >= 0.6 is 23.2 Å². The maximum absolute atomic E-state index is 16.7. The number of aromatic nitrogens is 3. The largest absolute Gasteiger partial charge is 0.397 e. The number of benzene rings is 1. The molecule has 0 saturated carbocycles. The van der Waals surface area contributed by atoms with Crippen molar-refractivity contribution in [1.29, 1.82) is 0 Å². The lowest BCUT2D eigenvalue weighted by Crippen LogP contribution is -2.64. The number of hydrogen-bond donors (Lipinski definition) is 1. The first-order chi connectivity index (χ1) is 24.2. The zero-order chi connectivity index (χ0) is 37.0. The molecule has 51 heavy (non-hydrogen) atoms. The maximum atomic E-state index is 16.7. The van der Waals surface area contributed by atoms with Crippen LogP contribution in [-0.4, -0.2) is 89.1 Å². The molecule has 1 amide bonds. The minimum Gasteiger partial charge on any atom is -0.397 e. The SMILES string of the molecule is C=CC(=O)N1CC2CN(CCCN(C)C)c3c(c4cc(F)c(-c5c(N)c(Cl)cc(Cl)c5F)nc4n(-c4c(C)ccnc4C(C)C)c3=O)N2CC1C. The number of nitrogens with zero attached hydrogens (tertiary/aromatic N) is 7. The van der Waals surface area contributed by atoms with Gasteiger partial charge in [0.1, 0.15) is 11.4 Å². The lowest BCUT2D eigenvalue weighted by atomic mass is 9.97. The van der Waals surface area contributed by atoms with Gasteiger partial charge in [-0.1, -0.05) is 43.6 Å². The number of carbonyl (C=O) groups excluding carboxylic acids is 1. The quantitative estimate of drug-likeness (QED) is 0.126. The fourth-order valence-electron chi connectivity index (χ4n) is 7.36. The molecule has 6 rings (SSSR count). The molecule has 2 aliphatic rings. The van der Waals surface area contributed by atoms with E-state index < -0.39 is 22.9 Å². The first-order valence-electron chi connectivity index (χ1n) is 16.9. The normalized spacial score (nSPS) is 17.4. The summed E-state index contributed by atoms with van der Waals surface area (Å²) >= 11 is 12.5. The molecule has 1 fully saturated rings. The zero-order valence-corrected chi connectivity index (χ0v) is 31.1. The molecule has 0 radical (unpaired) electrons. The van der Waals surface area contributed by atoms with Crippen molar-refractivity contribution in [2.75, 3.05) is 62.4 Å². The van der Waals surface area contributed by atoms with Gasteiger partial charge < -0.3 is 25.3 Å². The third kappa shape index (κ3) is 6.31. The van der Waals surface area contributed by atoms with Gasteiger partial charge in [0.15, 0.2) is 17.3 Å². The number of carbonyl (C=O) groups is 1. The molecule has 2 N–H and O–H groups in total. The van der Waals surface area contributed by atoms with E-state index in [1.165, 1.54) is 16.7 Å². The molecule has 2 atom stereocenters. The minimum atomic E-state index is -0.986. The second-order valence-electron chi connectivity index (χ2n) is 13.9. The van der Waals surface area contributed by atoms with E-state index in [1.54, 1.807) is 17.2 Å². The van der Waals surface area contributed by atoms with Crippen molar-refractivity contribution in [1.82, 2.24) is 24.3 Å². The molecule has 10 nitrogen and oxygen atoms in total. The van der Waals surface area contributed by atoms with Crippen LogP contribution in [0.15, 0.2) is 41.8 Å². The second kappa shape index (κ2) is 14.0. The first kappa shape index (κ1) is 36.5. The van der Waals surface area contributed by atoms with E-state index in [0.29, 0.717) is 54.3 Å². The van der Waals surface area contributed by atoms with Crippen molar-refractivity contribution in [2.45, 2.75) is 52.1 Å². The summed E-state index contributed by atoms with van der Waals surface area (Å²) in [6.45, 7) is 14.0. The Labute approximate surface area is 306 Å². The highest BCUT2D eigenvalue weighted by Crippen LogP contribution is 2.45. The van der Waals surface area contributed by atoms with Gasteiger partial charge in [-0.15, -0.1) is 0 Å². The summed E-state index contributed by atoms with van der Waals surface area (Å²) in [4.78, 5) is 45.7. The topological polar surface area (TPSA) is 104 Å². The smallest absolute Gasteiger partial charge is 0.282 e. The standard InChI is InChI=1S/C37H42Cl2F2N8O2/c1-8-27(50)47-18-22-17-46(13-9-12-45(6)7)35-34(48(22)16-21(47)5)23-14-26(40)32(28-29(41)24(38)15-25(39)30(28)42)44-36(23)49(37(35)51)33-20(4)10-11-43-31(33)19(2)3/h8,10-11,14-15,19,21-22H,1,9,12-13,16-18,42H2,2-7H3. The first-order valence-corrected chi connectivity index (χ1v) is 17.7. The van der Waals surface area contributed by atoms with Crippen molar-refractivity contribution in [3.05, 3.63) is 80.3 Å². The molecule has 1 saturated heterocycles. The van der Waals surface area contributed by atoms with Gasteiger partial charge in [0.05, 0.1) is 44.4 Å². The average molecular weight is 740 g/mol. The van der Waals surface area contributed by atoms with E-state index in [1.807, 2.05) is 46.7 Å². The summed E-state index contributed by atoms with van der Waals surface area (Å²) in [5, 5.41) is -0.0764. The van der Waals surface area contributed by atoms with Gasteiger partial charge in [-0.3, -0.25) is 19.1 Å². The molecule has 3 aromatic heterocycles. The number of anilines is 3. The molecule has 4 aromatic rings. The molecule has 5 heterocycles. The maximum Gasteiger partial charge on any atom is 0.282 e. The highest BCUT2D eigenvalue weighted by molar-refractivity contribution is 6.37. The second-order valence-corrected chi connectivity index (χ2v) is 14.8. The van der Waals surface area contributed by atoms with Gasteiger partial charge in [0.2, 0.25) is 5.91 Å². The van der Waals surface area contributed by atoms with Crippen molar-refractivity contribution in [2.24, 2.45) is 0 Å². The number of piperazine rings is 1. The summed E-state index contributed by atoms with van der Waals surface area (Å²) in [5.74, 6) is -2.14. The molecule has 2 unspecified atom stereocenters. The van der Waals surface area contributed by atoms with Gasteiger partial charge in [-0.2, -0.15) is 0 Å². The molecule has 0 bridgehead atoms. The number of halogens is 4. The van der Waals surface area contributed by atoms with Crippen molar-refractivity contribution in [3.8, 4) is 16.9 Å². The van der Waals surface area contributed by atoms with Crippen LogP contribution in [0.2, 0.25) is 10.0 Å². The van der Waals surface area contributed by atoms with Crippen molar-refractivity contribution in [3.63, 3.8) is 0 Å². The Morgan fingerprint density at radius 1 is 1.14 bits per heavy atom. The van der Waals surface area contributed by atoms with Gasteiger partial charge in [0.25, 0.3) is 5.56 Å². The Morgan fingerprint density at radius 2 is 1.86 bits per heavy atom. The Hall–Kier alpha value is -4.26. The highest BCUT2D eigenvalue weighted by Gasteiger charge is 2.42. The van der Waals surface area contributed by atoms with E-state index in [-0.39, 0.29) is 50.8 Å². The monoisotopic (exact) mass is 738 g/mol. The number of fused-ring (bicyclic) bond motifs is 5. The van der Waals surface area contributed by atoms with Crippen LogP contribution in [-0.2, 0) is 4.79 Å². The van der Waals surface area contributed by atoms with Crippen molar-refractivity contribution >= 4 is 57.2 Å². The van der Waals surface area contributed by atoms with Crippen LogP contribution < -0.4 is 21.1 Å². The van der Waals surface area contributed by atoms with Crippen LogP contribution in [0.1, 0.15) is 44.4 Å². The summed E-state index contributed by atoms with van der Waals surface area (Å²) in [6.07, 6.45) is 3.74. The average Bonchev–Trinajstić information content (AvgIpc) is 3.07. The molecule has 0 aliphatic carbocycles. The fourth-order valence-corrected chi connectivity index (χ4v) is 7.82. The predicted octanol–water partition coefficient (Wildman–Crippen LogP) is 6.41. The van der Waals surface area contributed by atoms with E-state index in [0.717, 1.165) is 24.6 Å². The molecular formula is C37H42Cl2F2N8O2.